The fourth-order valence-corrected chi connectivity index (χ4v) is 4.34. The van der Waals surface area contributed by atoms with Crippen LogP contribution in [0.1, 0.15) is 45.4 Å². The molecule has 0 spiro atoms. The van der Waals surface area contributed by atoms with Crippen LogP contribution in [0.5, 0.6) is 11.6 Å². The average molecular weight is 412 g/mol. The van der Waals surface area contributed by atoms with Crippen molar-refractivity contribution in [1.29, 1.82) is 0 Å². The minimum absolute atomic E-state index is 0.446. The molecule has 0 bridgehead atoms. The molecule has 2 aliphatic rings. The van der Waals surface area contributed by atoms with E-state index in [0.717, 1.165) is 37.5 Å². The molecule has 0 unspecified atom stereocenters. The number of rotatable bonds is 5. The maximum atomic E-state index is 6.01. The molecule has 1 saturated carbocycles. The summed E-state index contributed by atoms with van der Waals surface area (Å²) < 4.78 is 6.01. The topological polar surface area (TPSA) is 62.3 Å². The van der Waals surface area contributed by atoms with E-state index < -0.39 is 0 Å². The molecule has 154 valence electrons. The van der Waals surface area contributed by atoms with Crippen LogP contribution in [0.3, 0.4) is 0 Å². The predicted octanol–water partition coefficient (Wildman–Crippen LogP) is 4.73. The van der Waals surface area contributed by atoms with Crippen LogP contribution in [0.15, 0.2) is 36.4 Å². The lowest BCUT2D eigenvalue weighted by atomic mass is 10.0. The second-order valence-corrected chi connectivity index (χ2v) is 8.48. The molecule has 1 aromatic heterocycles. The molecule has 2 fully saturated rings. The van der Waals surface area contributed by atoms with Gasteiger partial charge in [0.2, 0.25) is 11.8 Å². The zero-order valence-corrected chi connectivity index (χ0v) is 17.8. The lowest BCUT2D eigenvalue weighted by Crippen LogP contribution is -2.37. The molecule has 4 rings (SSSR count). The highest BCUT2D eigenvalue weighted by molar-refractivity contribution is 7.80. The van der Waals surface area contributed by atoms with E-state index in [1.54, 1.807) is 0 Å². The lowest BCUT2D eigenvalue weighted by Gasteiger charge is -2.32. The molecule has 7 heteroatoms. The van der Waals surface area contributed by atoms with Gasteiger partial charge >= 0.3 is 0 Å². The van der Waals surface area contributed by atoms with Gasteiger partial charge in [0.1, 0.15) is 11.6 Å². The number of ether oxygens (including phenoxy) is 1. The van der Waals surface area contributed by atoms with E-state index in [4.69, 9.17) is 21.9 Å². The standard InChI is InChI=1S/C22H29N5OS/c1-16-8-7-13-27(15-16)19-14-20(28-18-11-3-2-4-12-18)25-21(24-19)26-22(29)23-17-9-5-6-10-17/h2-4,11-12,14,16-17H,5-10,13,15H2,1H3,(H2,23,24,25,26,29)/t16-/m1/s1. The maximum Gasteiger partial charge on any atom is 0.234 e. The zero-order valence-electron chi connectivity index (χ0n) is 16.9. The van der Waals surface area contributed by atoms with E-state index >= 15 is 0 Å². The summed E-state index contributed by atoms with van der Waals surface area (Å²) in [6.07, 6.45) is 7.27. The van der Waals surface area contributed by atoms with Gasteiger partial charge in [-0.15, -0.1) is 0 Å². The molecule has 1 aliphatic heterocycles. The summed E-state index contributed by atoms with van der Waals surface area (Å²) in [5.41, 5.74) is 0. The Kier molecular flexibility index (Phi) is 6.44. The number of para-hydroxylation sites is 1. The fourth-order valence-electron chi connectivity index (χ4n) is 4.08. The van der Waals surface area contributed by atoms with Gasteiger partial charge in [-0.05, 0) is 56.0 Å². The molecule has 2 heterocycles. The Bertz CT molecular complexity index is 825. The minimum atomic E-state index is 0.446. The van der Waals surface area contributed by atoms with Crippen molar-refractivity contribution in [2.45, 2.75) is 51.5 Å². The van der Waals surface area contributed by atoms with Gasteiger partial charge in [-0.1, -0.05) is 38.0 Å². The average Bonchev–Trinajstić information content (AvgIpc) is 3.21. The second kappa shape index (κ2) is 9.39. The second-order valence-electron chi connectivity index (χ2n) is 8.08. The van der Waals surface area contributed by atoms with E-state index in [-0.39, 0.29) is 0 Å². The SMILES string of the molecule is C[C@@H]1CCCN(c2cc(Oc3ccccc3)nc(NC(=S)NC3CCCC3)n2)C1. The van der Waals surface area contributed by atoms with Crippen LogP contribution in [-0.2, 0) is 0 Å². The number of piperidine rings is 1. The highest BCUT2D eigenvalue weighted by Crippen LogP contribution is 2.27. The Morgan fingerprint density at radius 3 is 2.66 bits per heavy atom. The molecule has 1 saturated heterocycles. The first-order chi connectivity index (χ1) is 14.2. The van der Waals surface area contributed by atoms with Crippen molar-refractivity contribution in [3.8, 4) is 11.6 Å². The van der Waals surface area contributed by atoms with Crippen LogP contribution < -0.4 is 20.3 Å². The highest BCUT2D eigenvalue weighted by Gasteiger charge is 2.20. The Hall–Kier alpha value is -2.41. The van der Waals surface area contributed by atoms with Gasteiger partial charge in [0.15, 0.2) is 5.11 Å². The van der Waals surface area contributed by atoms with E-state index in [9.17, 15) is 0 Å². The summed E-state index contributed by atoms with van der Waals surface area (Å²) in [5.74, 6) is 3.27. The molecule has 2 aromatic rings. The first-order valence-corrected chi connectivity index (χ1v) is 11.0. The first-order valence-electron chi connectivity index (χ1n) is 10.6. The van der Waals surface area contributed by atoms with Crippen LogP contribution in [0.2, 0.25) is 0 Å². The van der Waals surface area contributed by atoms with Crippen molar-refractivity contribution in [2.24, 2.45) is 5.92 Å². The van der Waals surface area contributed by atoms with Crippen molar-refractivity contribution in [3.05, 3.63) is 36.4 Å². The molecule has 0 radical (unpaired) electrons. The molecule has 2 N–H and O–H groups in total. The van der Waals surface area contributed by atoms with Crippen LogP contribution in [0.25, 0.3) is 0 Å². The Morgan fingerprint density at radius 1 is 1.10 bits per heavy atom. The van der Waals surface area contributed by atoms with Crippen molar-refractivity contribution < 1.29 is 4.74 Å². The normalized spacial score (nSPS) is 19.8. The molecule has 6 nitrogen and oxygen atoms in total. The number of hydrogen-bond acceptors (Lipinski definition) is 5. The van der Waals surface area contributed by atoms with Crippen molar-refractivity contribution >= 4 is 29.1 Å². The third kappa shape index (κ3) is 5.56. The fraction of sp³-hybridized carbons (Fsp3) is 0.500. The van der Waals surface area contributed by atoms with Crippen LogP contribution in [0, 0.1) is 5.92 Å². The van der Waals surface area contributed by atoms with Crippen molar-refractivity contribution in [3.63, 3.8) is 0 Å². The largest absolute Gasteiger partial charge is 0.439 e. The molecule has 1 aromatic carbocycles. The Labute approximate surface area is 178 Å². The van der Waals surface area contributed by atoms with E-state index in [1.165, 1.54) is 25.7 Å². The molecule has 1 atom stereocenters. The van der Waals surface area contributed by atoms with Gasteiger partial charge in [0, 0.05) is 25.2 Å². The van der Waals surface area contributed by atoms with Crippen molar-refractivity contribution in [2.75, 3.05) is 23.3 Å². The van der Waals surface area contributed by atoms with Crippen LogP contribution in [-0.4, -0.2) is 34.2 Å². The quantitative estimate of drug-likeness (QED) is 0.689. The van der Waals surface area contributed by atoms with Gasteiger partial charge in [-0.25, -0.2) is 0 Å². The smallest absolute Gasteiger partial charge is 0.234 e. The van der Waals surface area contributed by atoms with Gasteiger partial charge in [0.05, 0.1) is 0 Å². The van der Waals surface area contributed by atoms with Gasteiger partial charge in [0.25, 0.3) is 0 Å². The number of hydrogen-bond donors (Lipinski definition) is 2. The number of nitrogens with zero attached hydrogens (tertiary/aromatic N) is 3. The van der Waals surface area contributed by atoms with E-state index in [1.807, 2.05) is 36.4 Å². The minimum Gasteiger partial charge on any atom is -0.439 e. The molecular formula is C22H29N5OS. The highest BCUT2D eigenvalue weighted by atomic mass is 32.1. The Balaban J connectivity index is 1.54. The third-order valence-electron chi connectivity index (χ3n) is 5.55. The number of nitrogens with one attached hydrogen (secondary N) is 2. The number of thiocarbonyl (C=S) groups is 1. The van der Waals surface area contributed by atoms with Gasteiger partial charge in [-0.3, -0.25) is 0 Å². The molecule has 1 aliphatic carbocycles. The van der Waals surface area contributed by atoms with Crippen LogP contribution >= 0.6 is 12.2 Å². The third-order valence-corrected chi connectivity index (χ3v) is 5.77. The van der Waals surface area contributed by atoms with E-state index in [0.29, 0.717) is 28.9 Å². The number of benzene rings is 1. The predicted molar refractivity (Wildman–Crippen MR) is 121 cm³/mol. The van der Waals surface area contributed by atoms with Gasteiger partial charge in [-0.2, -0.15) is 9.97 Å². The molecular weight excluding hydrogens is 382 g/mol. The lowest BCUT2D eigenvalue weighted by molar-refractivity contribution is 0.440. The molecule has 0 amide bonds. The molecule has 29 heavy (non-hydrogen) atoms. The summed E-state index contributed by atoms with van der Waals surface area (Å²) >= 11 is 5.51. The van der Waals surface area contributed by atoms with E-state index in [2.05, 4.69) is 27.4 Å². The van der Waals surface area contributed by atoms with Crippen LogP contribution in [0.4, 0.5) is 11.8 Å². The summed E-state index contributed by atoms with van der Waals surface area (Å²) in [4.78, 5) is 11.6. The summed E-state index contributed by atoms with van der Waals surface area (Å²) in [6, 6.07) is 12.1. The van der Waals surface area contributed by atoms with Crippen molar-refractivity contribution in [1.82, 2.24) is 15.3 Å². The monoisotopic (exact) mass is 411 g/mol. The summed E-state index contributed by atoms with van der Waals surface area (Å²) in [7, 11) is 0. The number of anilines is 2. The Morgan fingerprint density at radius 2 is 1.90 bits per heavy atom. The first kappa shape index (κ1) is 19.9. The number of aromatic nitrogens is 2. The zero-order chi connectivity index (χ0) is 20.1. The summed E-state index contributed by atoms with van der Waals surface area (Å²) in [5, 5.41) is 7.14. The van der Waals surface area contributed by atoms with Gasteiger partial charge < -0.3 is 20.3 Å². The summed E-state index contributed by atoms with van der Waals surface area (Å²) in [6.45, 7) is 4.27. The maximum absolute atomic E-state index is 6.01.